The molecule has 0 aliphatic carbocycles. The molecule has 0 saturated carbocycles. The first-order valence-corrected chi connectivity index (χ1v) is 5.43. The molecule has 1 fully saturated rings. The Morgan fingerprint density at radius 2 is 2.13 bits per heavy atom. The van der Waals surface area contributed by atoms with Crippen LogP contribution >= 0.6 is 0 Å². The molecule has 1 heterocycles. The number of alkyl halides is 3. The molecule has 1 saturated heterocycles. The van der Waals surface area contributed by atoms with Crippen molar-refractivity contribution in [1.29, 1.82) is 0 Å². The molecular formula is C10H19F3N2. The maximum atomic E-state index is 11.8. The lowest BCUT2D eigenvalue weighted by Crippen LogP contribution is -2.26. The number of hydrogen-bond acceptors (Lipinski definition) is 2. The van der Waals surface area contributed by atoms with Crippen molar-refractivity contribution in [2.75, 3.05) is 33.2 Å². The number of halogens is 3. The van der Waals surface area contributed by atoms with Gasteiger partial charge in [-0.3, -0.25) is 0 Å². The van der Waals surface area contributed by atoms with Crippen molar-refractivity contribution in [1.82, 2.24) is 10.2 Å². The summed E-state index contributed by atoms with van der Waals surface area (Å²) in [5, 5.41) is 3.09. The van der Waals surface area contributed by atoms with E-state index in [0.29, 0.717) is 12.5 Å². The minimum atomic E-state index is -4.00. The summed E-state index contributed by atoms with van der Waals surface area (Å²) in [5.74, 6) is 0.612. The van der Waals surface area contributed by atoms with E-state index in [4.69, 9.17) is 0 Å². The molecule has 0 bridgehead atoms. The summed E-state index contributed by atoms with van der Waals surface area (Å²) in [4.78, 5) is 2.25. The SMILES string of the molecule is CN1CCC(CNCCCC(F)(F)F)C1. The Balaban J connectivity index is 1.93. The van der Waals surface area contributed by atoms with Gasteiger partial charge in [0.05, 0.1) is 0 Å². The van der Waals surface area contributed by atoms with Gasteiger partial charge in [-0.2, -0.15) is 13.2 Å². The Kier molecular flexibility index (Phi) is 4.86. The normalized spacial score (nSPS) is 23.6. The largest absolute Gasteiger partial charge is 0.389 e. The van der Waals surface area contributed by atoms with E-state index in [9.17, 15) is 13.2 Å². The lowest BCUT2D eigenvalue weighted by Gasteiger charge is -2.12. The van der Waals surface area contributed by atoms with E-state index in [2.05, 4.69) is 17.3 Å². The van der Waals surface area contributed by atoms with Crippen LogP contribution in [0.3, 0.4) is 0 Å². The maximum absolute atomic E-state index is 11.8. The number of nitrogens with zero attached hydrogens (tertiary/aromatic N) is 1. The lowest BCUT2D eigenvalue weighted by molar-refractivity contribution is -0.135. The number of hydrogen-bond donors (Lipinski definition) is 1. The van der Waals surface area contributed by atoms with Crippen LogP contribution in [0.15, 0.2) is 0 Å². The summed E-state index contributed by atoms with van der Waals surface area (Å²) in [6, 6.07) is 0. The first kappa shape index (κ1) is 12.8. The molecule has 0 aromatic carbocycles. The van der Waals surface area contributed by atoms with Crippen LogP contribution in [-0.2, 0) is 0 Å². The zero-order chi connectivity index (χ0) is 11.3. The highest BCUT2D eigenvalue weighted by Gasteiger charge is 2.26. The number of nitrogens with one attached hydrogen (secondary N) is 1. The van der Waals surface area contributed by atoms with Gasteiger partial charge in [0.2, 0.25) is 0 Å². The van der Waals surface area contributed by atoms with Gasteiger partial charge in [0.25, 0.3) is 0 Å². The molecular weight excluding hydrogens is 205 g/mol. The van der Waals surface area contributed by atoms with E-state index >= 15 is 0 Å². The van der Waals surface area contributed by atoms with E-state index in [1.54, 1.807) is 0 Å². The Labute approximate surface area is 88.8 Å². The molecule has 1 aliphatic rings. The average molecular weight is 224 g/mol. The fraction of sp³-hybridized carbons (Fsp3) is 1.00. The highest BCUT2D eigenvalue weighted by Crippen LogP contribution is 2.20. The third-order valence-electron chi connectivity index (χ3n) is 2.74. The van der Waals surface area contributed by atoms with Crippen LogP contribution < -0.4 is 5.32 Å². The lowest BCUT2D eigenvalue weighted by atomic mass is 10.1. The second-order valence-electron chi connectivity index (χ2n) is 4.34. The Hall–Kier alpha value is -0.290. The van der Waals surface area contributed by atoms with Crippen LogP contribution in [0.2, 0.25) is 0 Å². The molecule has 2 nitrogen and oxygen atoms in total. The molecule has 15 heavy (non-hydrogen) atoms. The van der Waals surface area contributed by atoms with Gasteiger partial charge in [0.15, 0.2) is 0 Å². The first-order chi connectivity index (χ1) is 6.97. The summed E-state index contributed by atoms with van der Waals surface area (Å²) in [6.45, 7) is 3.49. The summed E-state index contributed by atoms with van der Waals surface area (Å²) in [6.07, 6.45) is -3.34. The van der Waals surface area contributed by atoms with Crippen LogP contribution in [0.1, 0.15) is 19.3 Å². The van der Waals surface area contributed by atoms with Crippen molar-refractivity contribution in [3.05, 3.63) is 0 Å². The minimum absolute atomic E-state index is 0.187. The smallest absolute Gasteiger partial charge is 0.316 e. The molecule has 90 valence electrons. The highest BCUT2D eigenvalue weighted by atomic mass is 19.4. The minimum Gasteiger partial charge on any atom is -0.316 e. The monoisotopic (exact) mass is 224 g/mol. The Bertz CT molecular complexity index is 182. The molecule has 0 spiro atoms. The van der Waals surface area contributed by atoms with E-state index in [1.807, 2.05) is 0 Å². The molecule has 5 heteroatoms. The molecule has 0 radical (unpaired) electrons. The van der Waals surface area contributed by atoms with E-state index in [1.165, 1.54) is 0 Å². The molecule has 1 N–H and O–H groups in total. The van der Waals surface area contributed by atoms with Gasteiger partial charge in [0, 0.05) is 13.0 Å². The van der Waals surface area contributed by atoms with Crippen molar-refractivity contribution in [2.45, 2.75) is 25.4 Å². The second kappa shape index (κ2) is 5.70. The van der Waals surface area contributed by atoms with Gasteiger partial charge in [-0.15, -0.1) is 0 Å². The summed E-state index contributed by atoms with van der Waals surface area (Å²) < 4.78 is 35.4. The Morgan fingerprint density at radius 3 is 2.67 bits per heavy atom. The summed E-state index contributed by atoms with van der Waals surface area (Å²) in [5.41, 5.74) is 0. The van der Waals surface area contributed by atoms with Gasteiger partial charge in [-0.05, 0) is 45.4 Å². The number of likely N-dealkylation sites (tertiary alicyclic amines) is 1. The highest BCUT2D eigenvalue weighted by molar-refractivity contribution is 4.74. The fourth-order valence-corrected chi connectivity index (χ4v) is 1.91. The molecule has 0 aromatic rings. The van der Waals surface area contributed by atoms with E-state index in [0.717, 1.165) is 26.1 Å². The van der Waals surface area contributed by atoms with E-state index in [-0.39, 0.29) is 6.42 Å². The number of rotatable bonds is 5. The van der Waals surface area contributed by atoms with Crippen molar-refractivity contribution in [3.8, 4) is 0 Å². The average Bonchev–Trinajstić information content (AvgIpc) is 2.49. The van der Waals surface area contributed by atoms with Crippen LogP contribution in [0.4, 0.5) is 13.2 Å². The van der Waals surface area contributed by atoms with E-state index < -0.39 is 12.6 Å². The van der Waals surface area contributed by atoms with Gasteiger partial charge in [-0.25, -0.2) is 0 Å². The van der Waals surface area contributed by atoms with Gasteiger partial charge in [-0.1, -0.05) is 0 Å². The first-order valence-electron chi connectivity index (χ1n) is 5.43. The second-order valence-corrected chi connectivity index (χ2v) is 4.34. The molecule has 0 amide bonds. The third-order valence-corrected chi connectivity index (χ3v) is 2.74. The zero-order valence-corrected chi connectivity index (χ0v) is 9.11. The molecule has 1 rings (SSSR count). The van der Waals surface area contributed by atoms with Gasteiger partial charge >= 0.3 is 6.18 Å². The van der Waals surface area contributed by atoms with Crippen LogP contribution in [0.25, 0.3) is 0 Å². The topological polar surface area (TPSA) is 15.3 Å². The zero-order valence-electron chi connectivity index (χ0n) is 9.11. The van der Waals surface area contributed by atoms with Crippen molar-refractivity contribution >= 4 is 0 Å². The summed E-state index contributed by atoms with van der Waals surface area (Å²) >= 11 is 0. The van der Waals surface area contributed by atoms with Crippen LogP contribution in [0.5, 0.6) is 0 Å². The molecule has 1 unspecified atom stereocenters. The van der Waals surface area contributed by atoms with Gasteiger partial charge in [0.1, 0.15) is 0 Å². The van der Waals surface area contributed by atoms with Crippen molar-refractivity contribution in [2.24, 2.45) is 5.92 Å². The predicted octanol–water partition coefficient (Wildman–Crippen LogP) is 1.87. The van der Waals surface area contributed by atoms with Crippen molar-refractivity contribution < 1.29 is 13.2 Å². The standard InChI is InChI=1S/C10H19F3N2/c1-15-6-3-9(8-15)7-14-5-2-4-10(11,12)13/h9,14H,2-8H2,1H3. The fourth-order valence-electron chi connectivity index (χ4n) is 1.91. The Morgan fingerprint density at radius 1 is 1.40 bits per heavy atom. The molecule has 1 atom stereocenters. The summed E-state index contributed by atoms with van der Waals surface area (Å²) in [7, 11) is 2.07. The van der Waals surface area contributed by atoms with Crippen LogP contribution in [0, 0.1) is 5.92 Å². The van der Waals surface area contributed by atoms with Gasteiger partial charge < -0.3 is 10.2 Å². The molecule has 0 aromatic heterocycles. The predicted molar refractivity (Wildman–Crippen MR) is 53.8 cm³/mol. The van der Waals surface area contributed by atoms with Crippen LogP contribution in [-0.4, -0.2) is 44.3 Å². The molecule has 1 aliphatic heterocycles. The quantitative estimate of drug-likeness (QED) is 0.717. The maximum Gasteiger partial charge on any atom is 0.389 e. The van der Waals surface area contributed by atoms with Crippen molar-refractivity contribution in [3.63, 3.8) is 0 Å². The third kappa shape index (κ3) is 5.99.